The van der Waals surface area contributed by atoms with Gasteiger partial charge in [0.05, 0.1) is 5.48 Å². The van der Waals surface area contributed by atoms with Gasteiger partial charge in [-0.1, -0.05) is 42.4 Å². The number of nitrogens with one attached hydrogen (secondary N) is 1. The number of thiophene rings is 1. The highest BCUT2D eigenvalue weighted by Gasteiger charge is 2.15. The van der Waals surface area contributed by atoms with Crippen LogP contribution in [0.1, 0.15) is 32.4 Å². The molecule has 1 atom stereocenters. The standard InChI is InChI=1S/C18H19NOS/c1-19-12-11-17(18-10-5-13-21-18)20-16-9-4-7-14-6-2-3-8-15(14)16/h2-10,13,17,19H,11-12H2,1H3/i1D3,5D,10D,11D2,12D2,13D,17D. The number of hydrogen-bond acceptors (Lipinski definition) is 3. The van der Waals surface area contributed by atoms with Crippen LogP contribution in [0.4, 0.5) is 0 Å². The molecule has 0 bridgehead atoms. The van der Waals surface area contributed by atoms with Gasteiger partial charge in [-0.15, -0.1) is 11.3 Å². The molecule has 2 nitrogen and oxygen atoms in total. The van der Waals surface area contributed by atoms with E-state index in [1.807, 2.05) is 0 Å². The molecule has 1 aromatic heterocycles. The smallest absolute Gasteiger partial charge is 0.134 e. The molecule has 0 aliphatic heterocycles. The Bertz CT molecular complexity index is 1140. The number of benzene rings is 2. The van der Waals surface area contributed by atoms with Crippen LogP contribution in [0, 0.1) is 0 Å². The molecule has 0 aliphatic rings. The molecule has 0 radical (unpaired) electrons. The van der Waals surface area contributed by atoms with Crippen molar-refractivity contribution >= 4 is 22.1 Å². The highest BCUT2D eigenvalue weighted by atomic mass is 32.1. The van der Waals surface area contributed by atoms with Crippen LogP contribution in [0.2, 0.25) is 0 Å². The van der Waals surface area contributed by atoms with Crippen LogP contribution in [0.5, 0.6) is 5.75 Å². The van der Waals surface area contributed by atoms with Crippen LogP contribution in [0.3, 0.4) is 0 Å². The zero-order chi connectivity index (χ0) is 24.1. The third-order valence-corrected chi connectivity index (χ3v) is 3.48. The second-order valence-corrected chi connectivity index (χ2v) is 4.88. The average Bonchev–Trinajstić information content (AvgIpc) is 2.94. The minimum absolute atomic E-state index is 0.00230. The molecule has 3 aromatic rings. The van der Waals surface area contributed by atoms with Crippen molar-refractivity contribution in [1.82, 2.24) is 5.32 Å². The number of ether oxygens (including phenoxy) is 1. The molecule has 108 valence electrons. The quantitative estimate of drug-likeness (QED) is 0.717. The van der Waals surface area contributed by atoms with Crippen molar-refractivity contribution in [2.75, 3.05) is 13.5 Å². The van der Waals surface area contributed by atoms with Gasteiger partial charge in [0.2, 0.25) is 0 Å². The lowest BCUT2D eigenvalue weighted by atomic mass is 10.1. The highest BCUT2D eigenvalue weighted by molar-refractivity contribution is 7.10. The summed E-state index contributed by atoms with van der Waals surface area (Å²) >= 11 is 0.438. The van der Waals surface area contributed by atoms with Crippen molar-refractivity contribution in [2.24, 2.45) is 0 Å². The van der Waals surface area contributed by atoms with Crippen molar-refractivity contribution in [3.8, 4) is 5.75 Å². The van der Waals surface area contributed by atoms with Crippen molar-refractivity contribution < 1.29 is 19.8 Å². The molecule has 0 fully saturated rings. The maximum absolute atomic E-state index is 8.95. The molecular formula is C18H19NOS. The molecule has 3 heteroatoms. The lowest BCUT2D eigenvalue weighted by Crippen LogP contribution is -2.15. The Kier molecular flexibility index (Phi) is 1.96. The summed E-state index contributed by atoms with van der Waals surface area (Å²) in [5.41, 5.74) is 0. The second kappa shape index (κ2) is 6.74. The van der Waals surface area contributed by atoms with Crippen LogP contribution in [-0.2, 0) is 0 Å². The third kappa shape index (κ3) is 3.26. The summed E-state index contributed by atoms with van der Waals surface area (Å²) in [6.07, 6.45) is -6.42. The summed E-state index contributed by atoms with van der Waals surface area (Å²) < 4.78 is 93.7. The van der Waals surface area contributed by atoms with E-state index in [1.54, 1.807) is 41.7 Å². The zero-order valence-electron chi connectivity index (χ0n) is 21.9. The molecule has 21 heavy (non-hydrogen) atoms. The van der Waals surface area contributed by atoms with Gasteiger partial charge in [-0.05, 0) is 36.3 Å². The lowest BCUT2D eigenvalue weighted by molar-refractivity contribution is 0.201. The van der Waals surface area contributed by atoms with E-state index >= 15 is 0 Å². The Balaban J connectivity index is 2.25. The number of hydrogen-bond donors (Lipinski definition) is 1. The first-order chi connectivity index (χ1) is 14.6. The molecule has 0 aliphatic carbocycles. The Labute approximate surface area is 144 Å². The fourth-order valence-electron chi connectivity index (χ4n) is 1.90. The first-order valence-corrected chi connectivity index (χ1v) is 6.95. The Morgan fingerprint density at radius 3 is 3.14 bits per heavy atom. The topological polar surface area (TPSA) is 21.3 Å². The number of rotatable bonds is 6. The third-order valence-electron chi connectivity index (χ3n) is 2.79. The van der Waals surface area contributed by atoms with Crippen LogP contribution in [0.15, 0.2) is 59.9 Å². The first-order valence-electron chi connectivity index (χ1n) is 11.6. The molecule has 0 saturated carbocycles. The number of fused-ring (bicyclic) bond motifs is 1. The summed E-state index contributed by atoms with van der Waals surface area (Å²) in [6.45, 7) is -6.41. The normalized spacial score (nSPS) is 23.5. The van der Waals surface area contributed by atoms with Gasteiger partial charge in [0, 0.05) is 26.2 Å². The van der Waals surface area contributed by atoms with Crippen molar-refractivity contribution in [2.45, 2.75) is 12.5 Å². The van der Waals surface area contributed by atoms with Gasteiger partial charge in [0.25, 0.3) is 0 Å². The van der Waals surface area contributed by atoms with Gasteiger partial charge in [-0.25, -0.2) is 0 Å². The van der Waals surface area contributed by atoms with E-state index in [1.165, 1.54) is 6.07 Å². The summed E-state index contributed by atoms with van der Waals surface area (Å²) in [5, 5.41) is 2.33. The lowest BCUT2D eigenvalue weighted by Gasteiger charge is -2.19. The monoisotopic (exact) mass is 308 g/mol. The summed E-state index contributed by atoms with van der Waals surface area (Å²) in [6, 6.07) is 10.4. The maximum atomic E-state index is 8.95. The van der Waals surface area contributed by atoms with E-state index in [-0.39, 0.29) is 5.75 Å². The second-order valence-electron chi connectivity index (χ2n) is 4.07. The Morgan fingerprint density at radius 2 is 2.29 bits per heavy atom. The van der Waals surface area contributed by atoms with Gasteiger partial charge < -0.3 is 10.1 Å². The van der Waals surface area contributed by atoms with E-state index in [2.05, 4.69) is 0 Å². The summed E-state index contributed by atoms with van der Waals surface area (Å²) in [5.74, 6) is -0.00230. The molecule has 0 saturated heterocycles. The Hall–Kier alpha value is -1.84. The predicted molar refractivity (Wildman–Crippen MR) is 90.2 cm³/mol. The molecule has 1 N–H and O–H groups in total. The van der Waals surface area contributed by atoms with Crippen LogP contribution in [0.25, 0.3) is 10.8 Å². The minimum atomic E-state index is -3.40. The predicted octanol–water partition coefficient (Wildman–Crippen LogP) is 4.63. The molecule has 0 spiro atoms. The van der Waals surface area contributed by atoms with E-state index < -0.39 is 48.2 Å². The van der Waals surface area contributed by atoms with Crippen molar-refractivity contribution in [1.29, 1.82) is 0 Å². The summed E-state index contributed by atoms with van der Waals surface area (Å²) in [7, 11) is 0. The van der Waals surface area contributed by atoms with Crippen LogP contribution >= 0.6 is 11.3 Å². The van der Waals surface area contributed by atoms with Crippen LogP contribution in [-0.4, -0.2) is 13.5 Å². The van der Waals surface area contributed by atoms with Gasteiger partial charge in [0.1, 0.15) is 11.8 Å². The van der Waals surface area contributed by atoms with E-state index in [0.29, 0.717) is 22.1 Å². The average molecular weight is 308 g/mol. The van der Waals surface area contributed by atoms with Gasteiger partial charge in [-0.2, -0.15) is 0 Å². The fourth-order valence-corrected chi connectivity index (χ4v) is 2.39. The van der Waals surface area contributed by atoms with Crippen LogP contribution < -0.4 is 10.1 Å². The van der Waals surface area contributed by atoms with E-state index in [4.69, 9.17) is 19.8 Å². The maximum Gasteiger partial charge on any atom is 0.134 e. The van der Waals surface area contributed by atoms with E-state index in [9.17, 15) is 0 Å². The minimum Gasteiger partial charge on any atom is -0.484 e. The summed E-state index contributed by atoms with van der Waals surface area (Å²) in [4.78, 5) is -0.526. The van der Waals surface area contributed by atoms with E-state index in [0.717, 1.165) is 0 Å². The van der Waals surface area contributed by atoms with Crippen molar-refractivity contribution in [3.05, 3.63) is 64.8 Å². The fraction of sp³-hybridized carbons (Fsp3) is 0.222. The molecule has 0 amide bonds. The van der Waals surface area contributed by atoms with Crippen molar-refractivity contribution in [3.63, 3.8) is 0 Å². The zero-order valence-corrected chi connectivity index (χ0v) is 11.7. The van der Waals surface area contributed by atoms with Gasteiger partial charge >= 0.3 is 0 Å². The molecular weight excluding hydrogens is 278 g/mol. The molecule has 1 heterocycles. The molecule has 2 aromatic carbocycles. The molecule has 1 unspecified atom stereocenters. The van der Waals surface area contributed by atoms with Gasteiger partial charge in [-0.3, -0.25) is 0 Å². The SMILES string of the molecule is [2H]c1sc(C([2H])(Oc2cccc3ccccc23)C([2H])([2H])C([2H])([2H])NC([2H])([2H])[2H])c([2H])c1[2H]. The highest BCUT2D eigenvalue weighted by Crippen LogP contribution is 2.32. The Morgan fingerprint density at radius 1 is 1.38 bits per heavy atom. The molecule has 3 rings (SSSR count). The van der Waals surface area contributed by atoms with Gasteiger partial charge in [0.15, 0.2) is 0 Å². The largest absolute Gasteiger partial charge is 0.484 e. The first kappa shape index (κ1) is 6.11.